The second kappa shape index (κ2) is 8.31. The van der Waals surface area contributed by atoms with Crippen LogP contribution in [-0.4, -0.2) is 44.9 Å². The molecule has 2 unspecified atom stereocenters. The van der Waals surface area contributed by atoms with Crippen LogP contribution in [0.4, 0.5) is 0 Å². The molecule has 1 aromatic carbocycles. The zero-order chi connectivity index (χ0) is 15.9. The Morgan fingerprint density at radius 3 is 2.83 bits per heavy atom. The molecule has 2 fully saturated rings. The van der Waals surface area contributed by atoms with Crippen molar-refractivity contribution in [3.05, 3.63) is 29.8 Å². The smallest absolute Gasteiger partial charge is 0.251 e. The predicted molar refractivity (Wildman–Crippen MR) is 88.8 cm³/mol. The molecule has 0 aromatic heterocycles. The lowest BCUT2D eigenvalue weighted by molar-refractivity contribution is 0.0679. The molecule has 0 radical (unpaired) electrons. The van der Waals surface area contributed by atoms with E-state index in [-0.39, 0.29) is 12.0 Å². The van der Waals surface area contributed by atoms with Crippen LogP contribution in [0.25, 0.3) is 0 Å². The highest BCUT2D eigenvalue weighted by Crippen LogP contribution is 2.17. The van der Waals surface area contributed by atoms with Crippen LogP contribution in [0.5, 0.6) is 5.75 Å². The van der Waals surface area contributed by atoms with E-state index in [4.69, 9.17) is 9.47 Å². The largest absolute Gasteiger partial charge is 0.491 e. The van der Waals surface area contributed by atoms with E-state index in [0.29, 0.717) is 18.1 Å². The van der Waals surface area contributed by atoms with E-state index in [1.807, 2.05) is 24.3 Å². The first kappa shape index (κ1) is 16.3. The summed E-state index contributed by atoms with van der Waals surface area (Å²) in [7, 11) is 0. The van der Waals surface area contributed by atoms with Gasteiger partial charge in [-0.15, -0.1) is 0 Å². The van der Waals surface area contributed by atoms with Gasteiger partial charge in [-0.1, -0.05) is 0 Å². The molecule has 23 heavy (non-hydrogen) atoms. The predicted octanol–water partition coefficient (Wildman–Crippen LogP) is 1.97. The maximum atomic E-state index is 12.2. The molecule has 2 atom stereocenters. The summed E-state index contributed by atoms with van der Waals surface area (Å²) in [5.41, 5.74) is 0.679. The lowest BCUT2D eigenvalue weighted by Crippen LogP contribution is -2.38. The molecule has 0 saturated carbocycles. The molecule has 2 heterocycles. The Hall–Kier alpha value is -1.59. The molecule has 2 aliphatic rings. The third-order valence-corrected chi connectivity index (χ3v) is 4.53. The molecule has 1 aromatic rings. The third-order valence-electron chi connectivity index (χ3n) is 4.53. The van der Waals surface area contributed by atoms with Crippen LogP contribution in [0.15, 0.2) is 24.3 Å². The van der Waals surface area contributed by atoms with Gasteiger partial charge in [0.2, 0.25) is 0 Å². The van der Waals surface area contributed by atoms with Gasteiger partial charge < -0.3 is 20.1 Å². The first-order chi connectivity index (χ1) is 11.3. The molecular weight excluding hydrogens is 292 g/mol. The normalized spacial score (nSPS) is 24.3. The molecule has 3 rings (SSSR count). The van der Waals surface area contributed by atoms with Crippen molar-refractivity contribution in [3.63, 3.8) is 0 Å². The van der Waals surface area contributed by atoms with E-state index in [1.54, 1.807) is 0 Å². The molecule has 2 N–H and O–H groups in total. The van der Waals surface area contributed by atoms with Crippen molar-refractivity contribution < 1.29 is 14.3 Å². The molecule has 0 aliphatic carbocycles. The third kappa shape index (κ3) is 4.94. The quantitative estimate of drug-likeness (QED) is 0.842. The van der Waals surface area contributed by atoms with Crippen LogP contribution in [0.3, 0.4) is 0 Å². The summed E-state index contributed by atoms with van der Waals surface area (Å²) in [5, 5.41) is 6.39. The number of piperidine rings is 1. The number of amides is 1. The summed E-state index contributed by atoms with van der Waals surface area (Å²) in [6.07, 6.45) is 4.77. The fraction of sp³-hybridized carbons (Fsp3) is 0.611. The Kier molecular flexibility index (Phi) is 5.88. The molecule has 2 aliphatic heterocycles. The fourth-order valence-corrected chi connectivity index (χ4v) is 3.10. The Morgan fingerprint density at radius 2 is 2.13 bits per heavy atom. The summed E-state index contributed by atoms with van der Waals surface area (Å²) in [6.45, 7) is 4.25. The average Bonchev–Trinajstić information content (AvgIpc) is 3.13. The topological polar surface area (TPSA) is 59.6 Å². The van der Waals surface area contributed by atoms with Crippen molar-refractivity contribution in [1.82, 2.24) is 10.6 Å². The second-order valence-electron chi connectivity index (χ2n) is 6.39. The number of hydrogen-bond donors (Lipinski definition) is 2. The van der Waals surface area contributed by atoms with Crippen molar-refractivity contribution in [2.45, 2.75) is 31.8 Å². The van der Waals surface area contributed by atoms with Gasteiger partial charge in [0.1, 0.15) is 12.4 Å². The monoisotopic (exact) mass is 318 g/mol. The molecule has 126 valence electrons. The van der Waals surface area contributed by atoms with Gasteiger partial charge in [-0.3, -0.25) is 4.79 Å². The maximum Gasteiger partial charge on any atom is 0.251 e. The number of benzene rings is 1. The van der Waals surface area contributed by atoms with Gasteiger partial charge >= 0.3 is 0 Å². The SMILES string of the molecule is O=C(NCC1CCCNC1)c1ccc(OCC2CCCO2)cc1. The number of rotatable bonds is 6. The number of carbonyl (C=O) groups excluding carboxylic acids is 1. The summed E-state index contributed by atoms with van der Waals surface area (Å²) >= 11 is 0. The molecule has 5 heteroatoms. The lowest BCUT2D eigenvalue weighted by atomic mass is 10.00. The number of ether oxygens (including phenoxy) is 2. The number of hydrogen-bond acceptors (Lipinski definition) is 4. The fourth-order valence-electron chi connectivity index (χ4n) is 3.10. The highest BCUT2D eigenvalue weighted by molar-refractivity contribution is 5.94. The minimum atomic E-state index is -0.0127. The highest BCUT2D eigenvalue weighted by Gasteiger charge is 2.16. The average molecular weight is 318 g/mol. The van der Waals surface area contributed by atoms with Gasteiger partial charge in [-0.25, -0.2) is 0 Å². The summed E-state index contributed by atoms with van der Waals surface area (Å²) in [4.78, 5) is 12.2. The van der Waals surface area contributed by atoms with Crippen LogP contribution in [0.1, 0.15) is 36.0 Å². The molecule has 0 bridgehead atoms. The first-order valence-corrected chi connectivity index (χ1v) is 8.64. The van der Waals surface area contributed by atoms with Gasteiger partial charge in [-0.2, -0.15) is 0 Å². The summed E-state index contributed by atoms with van der Waals surface area (Å²) in [6, 6.07) is 7.34. The Morgan fingerprint density at radius 1 is 1.26 bits per heavy atom. The van der Waals surface area contributed by atoms with Gasteiger partial charge in [0.25, 0.3) is 5.91 Å². The van der Waals surface area contributed by atoms with E-state index in [2.05, 4.69) is 10.6 Å². The van der Waals surface area contributed by atoms with Crippen molar-refractivity contribution in [2.75, 3.05) is 32.8 Å². The van der Waals surface area contributed by atoms with Crippen molar-refractivity contribution in [2.24, 2.45) is 5.92 Å². The van der Waals surface area contributed by atoms with Gasteiger partial charge in [0.15, 0.2) is 0 Å². The van der Waals surface area contributed by atoms with Crippen LogP contribution in [-0.2, 0) is 4.74 Å². The first-order valence-electron chi connectivity index (χ1n) is 8.64. The molecule has 2 saturated heterocycles. The lowest BCUT2D eigenvalue weighted by Gasteiger charge is -2.22. The number of nitrogens with one attached hydrogen (secondary N) is 2. The second-order valence-corrected chi connectivity index (χ2v) is 6.39. The molecule has 1 amide bonds. The highest BCUT2D eigenvalue weighted by atomic mass is 16.5. The molecular formula is C18H26N2O3. The van der Waals surface area contributed by atoms with Crippen molar-refractivity contribution >= 4 is 5.91 Å². The summed E-state index contributed by atoms with van der Waals surface area (Å²) < 4.78 is 11.2. The van der Waals surface area contributed by atoms with E-state index >= 15 is 0 Å². The van der Waals surface area contributed by atoms with Gasteiger partial charge in [-0.05, 0) is 69.0 Å². The van der Waals surface area contributed by atoms with Crippen LogP contribution >= 0.6 is 0 Å². The number of carbonyl (C=O) groups is 1. The van der Waals surface area contributed by atoms with Crippen molar-refractivity contribution in [3.8, 4) is 5.75 Å². The minimum Gasteiger partial charge on any atom is -0.491 e. The molecule has 5 nitrogen and oxygen atoms in total. The van der Waals surface area contributed by atoms with Gasteiger partial charge in [0, 0.05) is 18.7 Å². The van der Waals surface area contributed by atoms with Crippen LogP contribution < -0.4 is 15.4 Å². The van der Waals surface area contributed by atoms with Crippen LogP contribution in [0.2, 0.25) is 0 Å². The van der Waals surface area contributed by atoms with E-state index in [0.717, 1.165) is 44.8 Å². The van der Waals surface area contributed by atoms with Crippen LogP contribution in [0, 0.1) is 5.92 Å². The molecule has 0 spiro atoms. The Labute approximate surface area is 137 Å². The van der Waals surface area contributed by atoms with Crippen molar-refractivity contribution in [1.29, 1.82) is 0 Å². The van der Waals surface area contributed by atoms with E-state index < -0.39 is 0 Å². The maximum absolute atomic E-state index is 12.2. The van der Waals surface area contributed by atoms with Gasteiger partial charge in [0.05, 0.1) is 6.10 Å². The standard InChI is InChI=1S/C18H26N2O3/c21-18(20-12-14-3-1-9-19-11-14)15-5-7-16(8-6-15)23-13-17-4-2-10-22-17/h5-8,14,17,19H,1-4,9-13H2,(H,20,21). The van der Waals surface area contributed by atoms with E-state index in [1.165, 1.54) is 12.8 Å². The zero-order valence-electron chi connectivity index (χ0n) is 13.6. The Bertz CT molecular complexity index is 491. The Balaban J connectivity index is 1.43. The minimum absolute atomic E-state index is 0.0127. The zero-order valence-corrected chi connectivity index (χ0v) is 13.6. The summed E-state index contributed by atoms with van der Waals surface area (Å²) in [5.74, 6) is 1.32. The van der Waals surface area contributed by atoms with E-state index in [9.17, 15) is 4.79 Å².